The molecule has 8 heteroatoms. The lowest BCUT2D eigenvalue weighted by molar-refractivity contribution is -0.383. The van der Waals surface area contributed by atoms with E-state index in [0.29, 0.717) is 22.2 Å². The zero-order valence-corrected chi connectivity index (χ0v) is 16.9. The van der Waals surface area contributed by atoms with Gasteiger partial charge in [0.1, 0.15) is 5.69 Å². The number of thiocarbonyl (C=S) groups is 1. The number of nitro benzene ring substituents is 1. The molecule has 4 aromatic rings. The number of rotatable bonds is 4. The van der Waals surface area contributed by atoms with Crippen LogP contribution in [0.5, 0.6) is 0 Å². The molecule has 0 saturated heterocycles. The number of amides is 1. The predicted molar refractivity (Wildman–Crippen MR) is 124 cm³/mol. The molecule has 3 aromatic carbocycles. The first-order valence-corrected chi connectivity index (χ1v) is 9.75. The third-order valence-electron chi connectivity index (χ3n) is 4.61. The first kappa shape index (κ1) is 20.1. The molecular formula is C23H16N4O3S. The number of carbonyl (C=O) groups excluding carboxylic acids is 1. The van der Waals surface area contributed by atoms with Crippen LogP contribution >= 0.6 is 12.2 Å². The number of nitro groups is 1. The van der Waals surface area contributed by atoms with Gasteiger partial charge < -0.3 is 5.32 Å². The molecule has 1 amide bonds. The number of hydrogen-bond donors (Lipinski definition) is 2. The smallest absolute Gasteiger partial charge is 0.292 e. The Kier molecular flexibility index (Phi) is 5.63. The van der Waals surface area contributed by atoms with Gasteiger partial charge in [-0.2, -0.15) is 0 Å². The molecule has 4 rings (SSSR count). The van der Waals surface area contributed by atoms with Gasteiger partial charge in [-0.05, 0) is 30.4 Å². The summed E-state index contributed by atoms with van der Waals surface area (Å²) in [5, 5.41) is 17.2. The van der Waals surface area contributed by atoms with Crippen molar-refractivity contribution in [3.63, 3.8) is 0 Å². The Balaban J connectivity index is 1.65. The molecule has 0 aliphatic heterocycles. The van der Waals surface area contributed by atoms with Crippen molar-refractivity contribution in [2.75, 3.05) is 5.32 Å². The van der Waals surface area contributed by atoms with E-state index in [9.17, 15) is 14.9 Å². The molecule has 0 fully saturated rings. The summed E-state index contributed by atoms with van der Waals surface area (Å²) < 4.78 is 0. The van der Waals surface area contributed by atoms with Crippen LogP contribution in [0.3, 0.4) is 0 Å². The summed E-state index contributed by atoms with van der Waals surface area (Å²) in [5.74, 6) is -0.438. The maximum atomic E-state index is 13.1. The van der Waals surface area contributed by atoms with Crippen molar-refractivity contribution in [2.45, 2.75) is 0 Å². The lowest BCUT2D eigenvalue weighted by Gasteiger charge is -2.12. The van der Waals surface area contributed by atoms with Crippen LogP contribution in [0.4, 0.5) is 11.4 Å². The normalized spacial score (nSPS) is 10.5. The van der Waals surface area contributed by atoms with Crippen molar-refractivity contribution in [1.29, 1.82) is 0 Å². The number of nitrogens with zero attached hydrogens (tertiary/aromatic N) is 2. The summed E-state index contributed by atoms with van der Waals surface area (Å²) >= 11 is 5.23. The molecule has 0 spiro atoms. The molecule has 0 saturated carbocycles. The fraction of sp³-hybridized carbons (Fsp3) is 0. The third-order valence-corrected chi connectivity index (χ3v) is 4.81. The molecule has 1 heterocycles. The minimum Gasteiger partial charge on any atom is -0.327 e. The number of aromatic nitrogens is 1. The summed E-state index contributed by atoms with van der Waals surface area (Å²) in [5.41, 5.74) is 2.66. The maximum absolute atomic E-state index is 13.1. The minimum absolute atomic E-state index is 0.0403. The highest BCUT2D eigenvalue weighted by molar-refractivity contribution is 7.80. The van der Waals surface area contributed by atoms with Gasteiger partial charge in [0.2, 0.25) is 0 Å². The quantitative estimate of drug-likeness (QED) is 0.272. The standard InChI is InChI=1S/C23H16N4O3S/c28-22(26-23(31)25-19-12-6-7-13-21(19)27(29)30)17-14-20(15-8-2-1-3-9-15)24-18-11-5-4-10-16(17)18/h1-14H,(H2,25,26,28,31). The predicted octanol–water partition coefficient (Wildman–Crippen LogP) is 4.94. The molecule has 0 aliphatic rings. The van der Waals surface area contributed by atoms with E-state index in [0.717, 1.165) is 5.56 Å². The van der Waals surface area contributed by atoms with Crippen LogP contribution in [0, 0.1) is 10.1 Å². The molecule has 152 valence electrons. The maximum Gasteiger partial charge on any atom is 0.292 e. The molecule has 0 bridgehead atoms. The van der Waals surface area contributed by atoms with Crippen LogP contribution in [0.25, 0.3) is 22.2 Å². The highest BCUT2D eigenvalue weighted by Gasteiger charge is 2.17. The first-order valence-electron chi connectivity index (χ1n) is 9.34. The van der Waals surface area contributed by atoms with Crippen LogP contribution in [0.2, 0.25) is 0 Å². The highest BCUT2D eigenvalue weighted by atomic mass is 32.1. The Bertz CT molecular complexity index is 1310. The van der Waals surface area contributed by atoms with Gasteiger partial charge in [0.25, 0.3) is 11.6 Å². The Hall–Kier alpha value is -4.17. The molecule has 0 radical (unpaired) electrons. The van der Waals surface area contributed by atoms with Crippen LogP contribution in [-0.2, 0) is 0 Å². The molecular weight excluding hydrogens is 412 g/mol. The summed E-state index contributed by atoms with van der Waals surface area (Å²) in [4.78, 5) is 28.4. The van der Waals surface area contributed by atoms with Crippen molar-refractivity contribution in [3.8, 4) is 11.3 Å². The summed E-state index contributed by atoms with van der Waals surface area (Å²) in [7, 11) is 0. The van der Waals surface area contributed by atoms with E-state index < -0.39 is 10.8 Å². The molecule has 31 heavy (non-hydrogen) atoms. The molecule has 7 nitrogen and oxygen atoms in total. The molecule has 0 unspecified atom stereocenters. The number of hydrogen-bond acceptors (Lipinski definition) is 5. The molecule has 0 atom stereocenters. The van der Waals surface area contributed by atoms with E-state index in [1.807, 2.05) is 54.6 Å². The van der Waals surface area contributed by atoms with Gasteiger partial charge in [-0.25, -0.2) is 4.98 Å². The molecule has 1 aromatic heterocycles. The van der Waals surface area contributed by atoms with E-state index in [4.69, 9.17) is 12.2 Å². The van der Waals surface area contributed by atoms with Crippen molar-refractivity contribution >= 4 is 45.5 Å². The van der Waals surface area contributed by atoms with Gasteiger partial charge in [0.05, 0.1) is 21.7 Å². The Morgan fingerprint density at radius 3 is 2.39 bits per heavy atom. The first-order chi connectivity index (χ1) is 15.0. The number of carbonyl (C=O) groups is 1. The Morgan fingerprint density at radius 1 is 0.935 bits per heavy atom. The fourth-order valence-electron chi connectivity index (χ4n) is 3.18. The second-order valence-electron chi connectivity index (χ2n) is 6.62. The van der Waals surface area contributed by atoms with Crippen LogP contribution in [0.15, 0.2) is 84.9 Å². The largest absolute Gasteiger partial charge is 0.327 e. The van der Waals surface area contributed by atoms with Crippen molar-refractivity contribution < 1.29 is 9.72 Å². The number of anilines is 1. The van der Waals surface area contributed by atoms with Crippen molar-refractivity contribution in [3.05, 3.63) is 101 Å². The Morgan fingerprint density at radius 2 is 1.61 bits per heavy atom. The lowest BCUT2D eigenvalue weighted by atomic mass is 10.0. The highest BCUT2D eigenvalue weighted by Crippen LogP contribution is 2.25. The number of nitrogens with one attached hydrogen (secondary N) is 2. The van der Waals surface area contributed by atoms with Crippen LogP contribution in [-0.4, -0.2) is 20.9 Å². The van der Waals surface area contributed by atoms with Gasteiger partial charge in [-0.3, -0.25) is 20.2 Å². The Labute approximate surface area is 182 Å². The second-order valence-corrected chi connectivity index (χ2v) is 7.03. The zero-order valence-electron chi connectivity index (χ0n) is 16.1. The average molecular weight is 428 g/mol. The molecule has 0 aliphatic carbocycles. The van der Waals surface area contributed by atoms with Crippen LogP contribution < -0.4 is 10.6 Å². The van der Waals surface area contributed by atoms with Gasteiger partial charge in [0, 0.05) is 17.0 Å². The second kappa shape index (κ2) is 8.68. The number of pyridine rings is 1. The monoisotopic (exact) mass is 428 g/mol. The lowest BCUT2D eigenvalue weighted by Crippen LogP contribution is -2.34. The van der Waals surface area contributed by atoms with E-state index >= 15 is 0 Å². The summed E-state index contributed by atoms with van der Waals surface area (Å²) in [6.45, 7) is 0. The van der Waals surface area contributed by atoms with Crippen molar-refractivity contribution in [1.82, 2.24) is 10.3 Å². The number of benzene rings is 3. The van der Waals surface area contributed by atoms with Gasteiger partial charge in [-0.1, -0.05) is 60.7 Å². The van der Waals surface area contributed by atoms with E-state index in [-0.39, 0.29) is 16.5 Å². The van der Waals surface area contributed by atoms with E-state index in [1.54, 1.807) is 18.2 Å². The summed E-state index contributed by atoms with van der Waals surface area (Å²) in [6, 6.07) is 24.6. The number of para-hydroxylation sites is 3. The average Bonchev–Trinajstić information content (AvgIpc) is 2.79. The third kappa shape index (κ3) is 4.39. The van der Waals surface area contributed by atoms with Gasteiger partial charge in [-0.15, -0.1) is 0 Å². The topological polar surface area (TPSA) is 97.2 Å². The van der Waals surface area contributed by atoms with Crippen LogP contribution in [0.1, 0.15) is 10.4 Å². The van der Waals surface area contributed by atoms with Gasteiger partial charge >= 0.3 is 0 Å². The van der Waals surface area contributed by atoms with Crippen molar-refractivity contribution in [2.24, 2.45) is 0 Å². The summed E-state index contributed by atoms with van der Waals surface area (Å²) in [6.07, 6.45) is 0. The molecule has 2 N–H and O–H groups in total. The van der Waals surface area contributed by atoms with E-state index in [1.165, 1.54) is 12.1 Å². The fourth-order valence-corrected chi connectivity index (χ4v) is 3.39. The minimum atomic E-state index is -0.519. The van der Waals surface area contributed by atoms with Gasteiger partial charge in [0.15, 0.2) is 5.11 Å². The zero-order chi connectivity index (χ0) is 21.8. The SMILES string of the molecule is O=C(NC(=S)Nc1ccccc1[N+](=O)[O-])c1cc(-c2ccccc2)nc2ccccc12. The van der Waals surface area contributed by atoms with E-state index in [2.05, 4.69) is 15.6 Å². The number of fused-ring (bicyclic) bond motifs is 1.